The second-order valence-corrected chi connectivity index (χ2v) is 5.17. The highest BCUT2D eigenvalue weighted by Gasteiger charge is 2.33. The Kier molecular flexibility index (Phi) is 5.12. The summed E-state index contributed by atoms with van der Waals surface area (Å²) in [5.41, 5.74) is 1.27. The van der Waals surface area contributed by atoms with Crippen molar-refractivity contribution in [3.63, 3.8) is 0 Å². The van der Waals surface area contributed by atoms with Crippen LogP contribution in [0.4, 0.5) is 0 Å². The van der Waals surface area contributed by atoms with E-state index in [4.69, 9.17) is 5.11 Å². The van der Waals surface area contributed by atoms with Gasteiger partial charge >= 0.3 is 5.97 Å². The Balaban J connectivity index is 1.54. The van der Waals surface area contributed by atoms with Gasteiger partial charge in [-0.2, -0.15) is 0 Å². The standard InChI is InChI=1S/C15H20N2O3/c18-14(11-17-9-13(10-17)15(19)20)16-8-4-7-12-5-2-1-3-6-12/h1-3,5-6,13H,4,7-11H2,(H,16,18)(H,19,20). The van der Waals surface area contributed by atoms with Crippen LogP contribution in [0.5, 0.6) is 0 Å². The minimum Gasteiger partial charge on any atom is -0.481 e. The van der Waals surface area contributed by atoms with Crippen LogP contribution in [0.3, 0.4) is 0 Å². The molecule has 0 unspecified atom stereocenters. The molecule has 0 atom stereocenters. The lowest BCUT2D eigenvalue weighted by Crippen LogP contribution is -2.53. The quantitative estimate of drug-likeness (QED) is 0.721. The van der Waals surface area contributed by atoms with E-state index >= 15 is 0 Å². The van der Waals surface area contributed by atoms with Crippen LogP contribution in [0, 0.1) is 5.92 Å². The van der Waals surface area contributed by atoms with Crippen molar-refractivity contribution in [1.29, 1.82) is 0 Å². The summed E-state index contributed by atoms with van der Waals surface area (Å²) in [4.78, 5) is 24.1. The van der Waals surface area contributed by atoms with E-state index in [1.165, 1.54) is 5.56 Å². The van der Waals surface area contributed by atoms with Gasteiger partial charge < -0.3 is 10.4 Å². The van der Waals surface area contributed by atoms with Gasteiger partial charge in [0.25, 0.3) is 0 Å². The number of nitrogens with zero attached hydrogens (tertiary/aromatic N) is 1. The number of aryl methyl sites for hydroxylation is 1. The van der Waals surface area contributed by atoms with Crippen molar-refractivity contribution in [1.82, 2.24) is 10.2 Å². The first kappa shape index (κ1) is 14.5. The molecule has 2 rings (SSSR count). The third kappa shape index (κ3) is 4.35. The predicted octanol–water partition coefficient (Wildman–Crippen LogP) is 0.752. The van der Waals surface area contributed by atoms with Crippen LogP contribution in [0.2, 0.25) is 0 Å². The number of carbonyl (C=O) groups is 2. The lowest BCUT2D eigenvalue weighted by atomic mass is 10.0. The third-order valence-corrected chi connectivity index (χ3v) is 3.48. The number of amides is 1. The van der Waals surface area contributed by atoms with Crippen LogP contribution in [0.15, 0.2) is 30.3 Å². The Morgan fingerprint density at radius 3 is 2.60 bits per heavy atom. The summed E-state index contributed by atoms with van der Waals surface area (Å²) in [7, 11) is 0. The third-order valence-electron chi connectivity index (χ3n) is 3.48. The maximum absolute atomic E-state index is 11.6. The van der Waals surface area contributed by atoms with Gasteiger partial charge in [0.05, 0.1) is 12.5 Å². The van der Waals surface area contributed by atoms with Crippen molar-refractivity contribution < 1.29 is 14.7 Å². The van der Waals surface area contributed by atoms with Crippen molar-refractivity contribution in [2.75, 3.05) is 26.2 Å². The fourth-order valence-corrected chi connectivity index (χ4v) is 2.28. The molecule has 0 radical (unpaired) electrons. The highest BCUT2D eigenvalue weighted by Crippen LogP contribution is 2.14. The van der Waals surface area contributed by atoms with E-state index in [2.05, 4.69) is 17.4 Å². The van der Waals surface area contributed by atoms with Crippen molar-refractivity contribution in [3.05, 3.63) is 35.9 Å². The molecule has 1 aromatic carbocycles. The van der Waals surface area contributed by atoms with Crippen molar-refractivity contribution in [3.8, 4) is 0 Å². The first-order valence-corrected chi connectivity index (χ1v) is 6.91. The molecular formula is C15H20N2O3. The number of aliphatic carboxylic acids is 1. The van der Waals surface area contributed by atoms with Crippen molar-refractivity contribution >= 4 is 11.9 Å². The summed E-state index contributed by atoms with van der Waals surface area (Å²) >= 11 is 0. The van der Waals surface area contributed by atoms with E-state index in [0.29, 0.717) is 26.2 Å². The van der Waals surface area contributed by atoms with Gasteiger partial charge in [0, 0.05) is 19.6 Å². The molecular weight excluding hydrogens is 256 g/mol. The molecule has 1 aliphatic heterocycles. The van der Waals surface area contributed by atoms with Crippen LogP contribution in [0.25, 0.3) is 0 Å². The van der Waals surface area contributed by atoms with E-state index in [9.17, 15) is 9.59 Å². The number of carbonyl (C=O) groups excluding carboxylic acids is 1. The smallest absolute Gasteiger partial charge is 0.309 e. The van der Waals surface area contributed by atoms with Gasteiger partial charge in [-0.1, -0.05) is 30.3 Å². The number of hydrogen-bond acceptors (Lipinski definition) is 3. The minimum absolute atomic E-state index is 0.0260. The summed E-state index contributed by atoms with van der Waals surface area (Å²) in [5, 5.41) is 11.6. The van der Waals surface area contributed by atoms with E-state index in [1.807, 2.05) is 23.1 Å². The molecule has 1 fully saturated rings. The van der Waals surface area contributed by atoms with Crippen LogP contribution in [0.1, 0.15) is 12.0 Å². The number of benzene rings is 1. The van der Waals surface area contributed by atoms with Crippen LogP contribution in [-0.4, -0.2) is 48.1 Å². The van der Waals surface area contributed by atoms with E-state index in [1.54, 1.807) is 0 Å². The number of carboxylic acid groups (broad SMARTS) is 1. The average Bonchev–Trinajstić information content (AvgIpc) is 2.39. The lowest BCUT2D eigenvalue weighted by Gasteiger charge is -2.35. The average molecular weight is 276 g/mol. The largest absolute Gasteiger partial charge is 0.481 e. The second kappa shape index (κ2) is 7.05. The highest BCUT2D eigenvalue weighted by atomic mass is 16.4. The molecule has 2 N–H and O–H groups in total. The fraction of sp³-hybridized carbons (Fsp3) is 0.467. The van der Waals surface area contributed by atoms with Gasteiger partial charge in [-0.3, -0.25) is 14.5 Å². The Labute approximate surface area is 118 Å². The number of hydrogen-bond donors (Lipinski definition) is 2. The number of likely N-dealkylation sites (tertiary alicyclic amines) is 1. The summed E-state index contributed by atoms with van der Waals surface area (Å²) in [6.45, 7) is 1.92. The Morgan fingerprint density at radius 2 is 1.95 bits per heavy atom. The molecule has 20 heavy (non-hydrogen) atoms. The molecule has 0 saturated carbocycles. The first-order valence-electron chi connectivity index (χ1n) is 6.91. The molecule has 0 bridgehead atoms. The number of nitrogens with one attached hydrogen (secondary N) is 1. The van der Waals surface area contributed by atoms with Gasteiger partial charge in [-0.15, -0.1) is 0 Å². The van der Waals surface area contributed by atoms with Gasteiger partial charge in [0.2, 0.25) is 5.91 Å². The molecule has 0 aliphatic carbocycles. The zero-order chi connectivity index (χ0) is 14.4. The number of rotatable bonds is 7. The molecule has 5 nitrogen and oxygen atoms in total. The molecule has 1 aliphatic rings. The van der Waals surface area contributed by atoms with Gasteiger partial charge in [-0.05, 0) is 18.4 Å². The summed E-state index contributed by atoms with van der Waals surface area (Å²) < 4.78 is 0. The normalized spacial score (nSPS) is 15.6. The van der Waals surface area contributed by atoms with Crippen molar-refractivity contribution in [2.45, 2.75) is 12.8 Å². The van der Waals surface area contributed by atoms with Crippen molar-refractivity contribution in [2.24, 2.45) is 5.92 Å². The molecule has 1 saturated heterocycles. The predicted molar refractivity (Wildman–Crippen MR) is 75.3 cm³/mol. The maximum Gasteiger partial charge on any atom is 0.309 e. The minimum atomic E-state index is -0.774. The van der Waals surface area contributed by atoms with Crippen LogP contribution < -0.4 is 5.32 Å². The van der Waals surface area contributed by atoms with Gasteiger partial charge in [0.15, 0.2) is 0 Å². The summed E-state index contributed by atoms with van der Waals surface area (Å²) in [6, 6.07) is 10.2. The second-order valence-electron chi connectivity index (χ2n) is 5.17. The zero-order valence-electron chi connectivity index (χ0n) is 11.4. The molecule has 1 amide bonds. The molecule has 108 valence electrons. The summed E-state index contributed by atoms with van der Waals surface area (Å²) in [6.07, 6.45) is 1.86. The van der Waals surface area contributed by atoms with Crippen LogP contribution >= 0.6 is 0 Å². The van der Waals surface area contributed by atoms with Crippen LogP contribution in [-0.2, 0) is 16.0 Å². The molecule has 1 heterocycles. The van der Waals surface area contributed by atoms with E-state index < -0.39 is 5.97 Å². The SMILES string of the molecule is O=C(CN1CC(C(=O)O)C1)NCCCc1ccccc1. The Morgan fingerprint density at radius 1 is 1.25 bits per heavy atom. The molecule has 0 aromatic heterocycles. The van der Waals surface area contributed by atoms with E-state index in [0.717, 1.165) is 12.8 Å². The lowest BCUT2D eigenvalue weighted by molar-refractivity contribution is -0.148. The molecule has 5 heteroatoms. The van der Waals surface area contributed by atoms with E-state index in [-0.39, 0.29) is 11.8 Å². The first-order chi connectivity index (χ1) is 9.65. The van der Waals surface area contributed by atoms with Gasteiger partial charge in [-0.25, -0.2) is 0 Å². The number of carboxylic acids is 1. The van der Waals surface area contributed by atoms with Gasteiger partial charge in [0.1, 0.15) is 0 Å². The highest BCUT2D eigenvalue weighted by molar-refractivity contribution is 5.78. The Bertz CT molecular complexity index is 455. The maximum atomic E-state index is 11.6. The fourth-order valence-electron chi connectivity index (χ4n) is 2.28. The molecule has 1 aromatic rings. The molecule has 0 spiro atoms. The topological polar surface area (TPSA) is 69.6 Å². The monoisotopic (exact) mass is 276 g/mol. The zero-order valence-corrected chi connectivity index (χ0v) is 11.4. The summed E-state index contributed by atoms with van der Waals surface area (Å²) in [5.74, 6) is -1.10. The Hall–Kier alpha value is -1.88.